The van der Waals surface area contributed by atoms with Gasteiger partial charge in [0.25, 0.3) is 11.6 Å². The molecule has 0 heterocycles. The molecule has 24 heavy (non-hydrogen) atoms. The first-order valence-corrected chi connectivity index (χ1v) is 6.94. The number of halogens is 1. The van der Waals surface area contributed by atoms with Crippen molar-refractivity contribution in [3.05, 3.63) is 69.5 Å². The number of benzene rings is 2. The zero-order valence-corrected chi connectivity index (χ0v) is 12.6. The number of ether oxygens (including phenoxy) is 1. The normalized spacial score (nSPS) is 10.1. The van der Waals surface area contributed by atoms with Gasteiger partial charge in [-0.1, -0.05) is 6.07 Å². The molecule has 0 saturated heterocycles. The third-order valence-electron chi connectivity index (χ3n) is 2.98. The van der Waals surface area contributed by atoms with Crippen molar-refractivity contribution < 1.29 is 23.6 Å². The number of nitrogens with one attached hydrogen (secondary N) is 1. The first kappa shape index (κ1) is 17.1. The Morgan fingerprint density at radius 2 is 1.92 bits per heavy atom. The molecule has 0 aliphatic carbocycles. The summed E-state index contributed by atoms with van der Waals surface area (Å²) in [5.74, 6) is -2.03. The topological polar surface area (TPSA) is 98.5 Å². The number of carbonyl (C=O) groups is 2. The lowest BCUT2D eigenvalue weighted by Crippen LogP contribution is -2.14. The molecule has 0 fully saturated rings. The van der Waals surface area contributed by atoms with Crippen LogP contribution in [0.4, 0.5) is 15.8 Å². The summed E-state index contributed by atoms with van der Waals surface area (Å²) in [6.07, 6.45) is 0. The van der Waals surface area contributed by atoms with Crippen molar-refractivity contribution in [2.45, 2.75) is 6.92 Å². The summed E-state index contributed by atoms with van der Waals surface area (Å²) >= 11 is 0. The third kappa shape index (κ3) is 4.13. The zero-order chi connectivity index (χ0) is 17.7. The number of esters is 1. The van der Waals surface area contributed by atoms with E-state index >= 15 is 0 Å². The number of anilines is 1. The number of hydrogen-bond acceptors (Lipinski definition) is 5. The van der Waals surface area contributed by atoms with Gasteiger partial charge in [-0.2, -0.15) is 0 Å². The summed E-state index contributed by atoms with van der Waals surface area (Å²) in [6.45, 7) is 1.68. The average Bonchev–Trinajstić information content (AvgIpc) is 2.54. The minimum atomic E-state index is -0.777. The molecule has 124 valence electrons. The number of rotatable bonds is 5. The second-order valence-corrected chi connectivity index (χ2v) is 4.71. The highest BCUT2D eigenvalue weighted by Crippen LogP contribution is 2.20. The van der Waals surface area contributed by atoms with Crippen LogP contribution in [0.3, 0.4) is 0 Å². The standard InChI is InChI=1S/C16H13FN2O5/c1-2-24-16(21)11-6-10(7-14(8-11)19(22)23)15(20)18-13-5-3-4-12(17)9-13/h3-9H,2H2,1H3,(H,18,20). The van der Waals surface area contributed by atoms with Gasteiger partial charge >= 0.3 is 5.97 Å². The molecule has 0 saturated carbocycles. The second kappa shape index (κ2) is 7.32. The Hall–Kier alpha value is -3.29. The molecule has 0 radical (unpaired) electrons. The summed E-state index contributed by atoms with van der Waals surface area (Å²) in [6, 6.07) is 8.41. The van der Waals surface area contributed by atoms with E-state index in [1.807, 2.05) is 0 Å². The lowest BCUT2D eigenvalue weighted by molar-refractivity contribution is -0.384. The van der Waals surface area contributed by atoms with Gasteiger partial charge in [-0.25, -0.2) is 9.18 Å². The van der Waals surface area contributed by atoms with Crippen LogP contribution < -0.4 is 5.32 Å². The van der Waals surface area contributed by atoms with Gasteiger partial charge in [-0.15, -0.1) is 0 Å². The molecule has 0 aromatic heterocycles. The molecule has 2 aromatic rings. The maximum absolute atomic E-state index is 13.1. The van der Waals surface area contributed by atoms with Crippen molar-refractivity contribution in [2.24, 2.45) is 0 Å². The van der Waals surface area contributed by atoms with Gasteiger partial charge in [0.05, 0.1) is 17.1 Å². The number of amides is 1. The van der Waals surface area contributed by atoms with E-state index in [0.29, 0.717) is 0 Å². The molecule has 8 heteroatoms. The summed E-state index contributed by atoms with van der Waals surface area (Å²) in [4.78, 5) is 34.3. The number of carbonyl (C=O) groups excluding carboxylic acids is 2. The van der Waals surface area contributed by atoms with Gasteiger partial charge in [0.1, 0.15) is 5.82 Å². The van der Waals surface area contributed by atoms with Crippen LogP contribution in [-0.4, -0.2) is 23.4 Å². The maximum atomic E-state index is 13.1. The SMILES string of the molecule is CCOC(=O)c1cc(C(=O)Nc2cccc(F)c2)cc([N+](=O)[O-])c1. The minimum Gasteiger partial charge on any atom is -0.462 e. The molecule has 0 unspecified atom stereocenters. The van der Waals surface area contributed by atoms with Crippen LogP contribution in [0.15, 0.2) is 42.5 Å². The fraction of sp³-hybridized carbons (Fsp3) is 0.125. The molecule has 0 atom stereocenters. The van der Waals surface area contributed by atoms with E-state index < -0.39 is 28.3 Å². The van der Waals surface area contributed by atoms with Gasteiger partial charge in [0.2, 0.25) is 0 Å². The van der Waals surface area contributed by atoms with Gasteiger partial charge in [0.15, 0.2) is 0 Å². The summed E-state index contributed by atoms with van der Waals surface area (Å²) < 4.78 is 17.9. The fourth-order valence-corrected chi connectivity index (χ4v) is 1.95. The predicted octanol–water partition coefficient (Wildman–Crippen LogP) is 3.16. The van der Waals surface area contributed by atoms with Crippen LogP contribution in [0.1, 0.15) is 27.6 Å². The smallest absolute Gasteiger partial charge is 0.338 e. The zero-order valence-electron chi connectivity index (χ0n) is 12.6. The Bertz CT molecular complexity index is 807. The maximum Gasteiger partial charge on any atom is 0.338 e. The van der Waals surface area contributed by atoms with Crippen molar-refractivity contribution in [3.8, 4) is 0 Å². The van der Waals surface area contributed by atoms with Crippen LogP contribution in [0, 0.1) is 15.9 Å². The number of nitro benzene ring substituents is 1. The largest absolute Gasteiger partial charge is 0.462 e. The van der Waals surface area contributed by atoms with Crippen molar-refractivity contribution in [1.82, 2.24) is 0 Å². The van der Waals surface area contributed by atoms with Gasteiger partial charge in [-0.05, 0) is 31.2 Å². The number of nitro groups is 1. The highest BCUT2D eigenvalue weighted by molar-refractivity contribution is 6.06. The van der Waals surface area contributed by atoms with E-state index in [1.54, 1.807) is 6.92 Å². The van der Waals surface area contributed by atoms with Gasteiger partial charge in [-0.3, -0.25) is 14.9 Å². The molecule has 2 aromatic carbocycles. The van der Waals surface area contributed by atoms with Crippen LogP contribution in [0.25, 0.3) is 0 Å². The van der Waals surface area contributed by atoms with E-state index in [1.165, 1.54) is 24.3 Å². The average molecular weight is 332 g/mol. The molecule has 2 rings (SSSR count). The monoisotopic (exact) mass is 332 g/mol. The minimum absolute atomic E-state index is 0.0896. The number of nitrogens with zero attached hydrogens (tertiary/aromatic N) is 1. The van der Waals surface area contributed by atoms with Gasteiger partial charge in [0, 0.05) is 23.4 Å². The number of non-ortho nitro benzene ring substituents is 1. The van der Waals surface area contributed by atoms with Crippen molar-refractivity contribution in [3.63, 3.8) is 0 Å². The lowest BCUT2D eigenvalue weighted by atomic mass is 10.1. The molecular formula is C16H13FN2O5. The first-order valence-electron chi connectivity index (χ1n) is 6.94. The summed E-state index contributed by atoms with van der Waals surface area (Å²) in [5, 5.41) is 13.4. The molecule has 0 spiro atoms. The molecule has 0 aliphatic rings. The van der Waals surface area contributed by atoms with Gasteiger partial charge < -0.3 is 10.1 Å². The quantitative estimate of drug-likeness (QED) is 0.515. The van der Waals surface area contributed by atoms with Crippen molar-refractivity contribution in [2.75, 3.05) is 11.9 Å². The van der Waals surface area contributed by atoms with Crippen LogP contribution in [0.2, 0.25) is 0 Å². The Kier molecular flexibility index (Phi) is 5.20. The van der Waals surface area contributed by atoms with Crippen LogP contribution in [0.5, 0.6) is 0 Å². The second-order valence-electron chi connectivity index (χ2n) is 4.71. The summed E-state index contributed by atoms with van der Waals surface area (Å²) in [5.41, 5.74) is -0.471. The molecular weight excluding hydrogens is 319 g/mol. The Labute approximate surface area is 136 Å². The molecule has 0 bridgehead atoms. The van der Waals surface area contributed by atoms with Crippen LogP contribution >= 0.6 is 0 Å². The number of hydrogen-bond donors (Lipinski definition) is 1. The van der Waals surface area contributed by atoms with E-state index in [0.717, 1.165) is 18.2 Å². The van der Waals surface area contributed by atoms with Crippen LogP contribution in [-0.2, 0) is 4.74 Å². The van der Waals surface area contributed by atoms with E-state index in [9.17, 15) is 24.1 Å². The molecule has 1 amide bonds. The molecule has 0 aliphatic heterocycles. The van der Waals surface area contributed by atoms with E-state index in [2.05, 4.69) is 5.32 Å². The highest BCUT2D eigenvalue weighted by Gasteiger charge is 2.18. The molecule has 1 N–H and O–H groups in total. The Morgan fingerprint density at radius 1 is 1.21 bits per heavy atom. The predicted molar refractivity (Wildman–Crippen MR) is 83.4 cm³/mol. The Balaban J connectivity index is 2.35. The first-order chi connectivity index (χ1) is 11.4. The Morgan fingerprint density at radius 3 is 2.54 bits per heavy atom. The fourth-order valence-electron chi connectivity index (χ4n) is 1.95. The third-order valence-corrected chi connectivity index (χ3v) is 2.98. The highest BCUT2D eigenvalue weighted by atomic mass is 19.1. The molecule has 7 nitrogen and oxygen atoms in total. The van der Waals surface area contributed by atoms with Crippen molar-refractivity contribution in [1.29, 1.82) is 0 Å². The summed E-state index contributed by atoms with van der Waals surface area (Å²) in [7, 11) is 0. The van der Waals surface area contributed by atoms with Crippen molar-refractivity contribution >= 4 is 23.3 Å². The van der Waals surface area contributed by atoms with E-state index in [4.69, 9.17) is 4.74 Å². The van der Waals surface area contributed by atoms with E-state index in [-0.39, 0.29) is 23.4 Å². The lowest BCUT2D eigenvalue weighted by Gasteiger charge is -2.07.